The third-order valence-electron chi connectivity index (χ3n) is 4.93. The summed E-state index contributed by atoms with van der Waals surface area (Å²) in [6, 6.07) is 10.6. The highest BCUT2D eigenvalue weighted by Gasteiger charge is 2.39. The number of benzene rings is 1. The monoisotopic (exact) mass is 346 g/mol. The highest BCUT2D eigenvalue weighted by Crippen LogP contribution is 2.39. The molecule has 1 aliphatic rings. The Hall–Kier alpha value is -0.773. The Labute approximate surface area is 147 Å². The van der Waals surface area contributed by atoms with Gasteiger partial charge >= 0.3 is 0 Å². The van der Waals surface area contributed by atoms with E-state index in [4.69, 9.17) is 4.43 Å². The lowest BCUT2D eigenvalue weighted by molar-refractivity contribution is 0.149. The van der Waals surface area contributed by atoms with Gasteiger partial charge in [0.1, 0.15) is 0 Å². The molecular weight excluding hydrogens is 316 g/mol. The largest absolute Gasteiger partial charge is 0.413 e. The predicted molar refractivity (Wildman–Crippen MR) is 105 cm³/mol. The van der Waals surface area contributed by atoms with E-state index < -0.39 is 8.32 Å². The van der Waals surface area contributed by atoms with E-state index in [-0.39, 0.29) is 5.04 Å². The number of hydrogen-bond acceptors (Lipinski definition) is 2. The van der Waals surface area contributed by atoms with E-state index in [1.54, 1.807) is 0 Å². The Morgan fingerprint density at radius 2 is 1.78 bits per heavy atom. The first kappa shape index (κ1) is 18.6. The molecule has 3 heteroatoms. The quantitative estimate of drug-likeness (QED) is 0.564. The SMILES string of the molecule is C[C@H]1C=CC(Sc2ccccc2)=CC[C@H]1O[Si](C)(C)C(C)(C)C. The third kappa shape index (κ3) is 5.10. The summed E-state index contributed by atoms with van der Waals surface area (Å²) in [7, 11) is -1.72. The highest BCUT2D eigenvalue weighted by atomic mass is 32.2. The predicted octanol–water partition coefficient (Wildman–Crippen LogP) is 6.65. The van der Waals surface area contributed by atoms with Crippen LogP contribution in [0.1, 0.15) is 34.1 Å². The van der Waals surface area contributed by atoms with Crippen LogP contribution in [0.5, 0.6) is 0 Å². The fourth-order valence-electron chi connectivity index (χ4n) is 2.30. The van der Waals surface area contributed by atoms with Crippen LogP contribution in [0.25, 0.3) is 0 Å². The van der Waals surface area contributed by atoms with E-state index in [0.717, 1.165) is 6.42 Å². The van der Waals surface area contributed by atoms with Gasteiger partial charge in [-0.25, -0.2) is 0 Å². The maximum atomic E-state index is 6.67. The third-order valence-corrected chi connectivity index (χ3v) is 10.5. The molecule has 0 N–H and O–H groups in total. The van der Waals surface area contributed by atoms with Gasteiger partial charge < -0.3 is 4.43 Å². The van der Waals surface area contributed by atoms with Crippen molar-refractivity contribution in [3.8, 4) is 0 Å². The smallest absolute Gasteiger partial charge is 0.192 e. The number of allylic oxidation sites excluding steroid dienone is 1. The number of thioether (sulfide) groups is 1. The summed E-state index contributed by atoms with van der Waals surface area (Å²) in [4.78, 5) is 2.61. The Balaban J connectivity index is 2.08. The summed E-state index contributed by atoms with van der Waals surface area (Å²) >= 11 is 1.84. The van der Waals surface area contributed by atoms with Crippen molar-refractivity contribution in [2.75, 3.05) is 0 Å². The summed E-state index contributed by atoms with van der Waals surface area (Å²) in [5.74, 6) is 0.453. The van der Waals surface area contributed by atoms with Gasteiger partial charge in [-0.05, 0) is 42.6 Å². The lowest BCUT2D eigenvalue weighted by Gasteiger charge is -2.40. The fourth-order valence-corrected chi connectivity index (χ4v) is 4.61. The second-order valence-corrected chi connectivity index (χ2v) is 13.8. The van der Waals surface area contributed by atoms with Gasteiger partial charge in [0.25, 0.3) is 0 Å². The van der Waals surface area contributed by atoms with Crippen LogP contribution in [0.2, 0.25) is 18.1 Å². The molecule has 126 valence electrons. The van der Waals surface area contributed by atoms with Gasteiger partial charge in [-0.1, -0.05) is 75.9 Å². The zero-order valence-electron chi connectivity index (χ0n) is 15.3. The zero-order valence-corrected chi connectivity index (χ0v) is 17.1. The molecule has 0 amide bonds. The summed E-state index contributed by atoms with van der Waals surface area (Å²) in [6.45, 7) is 13.9. The van der Waals surface area contributed by atoms with Crippen molar-refractivity contribution in [2.45, 2.75) is 63.2 Å². The minimum absolute atomic E-state index is 0.258. The lowest BCUT2D eigenvalue weighted by atomic mass is 10.0. The van der Waals surface area contributed by atoms with Gasteiger partial charge in [0.2, 0.25) is 0 Å². The van der Waals surface area contributed by atoms with Crippen molar-refractivity contribution in [1.29, 1.82) is 0 Å². The Bertz CT molecular complexity index is 569. The fraction of sp³-hybridized carbons (Fsp3) is 0.500. The molecule has 1 aliphatic carbocycles. The standard InChI is InChI=1S/C20H30OSSi/c1-16-12-13-18(22-17-10-8-7-9-11-17)14-15-19(16)21-23(5,6)20(2,3)4/h7-14,16,19H,15H2,1-6H3/t16-,19+/m0/s1. The molecule has 0 saturated carbocycles. The minimum Gasteiger partial charge on any atom is -0.413 e. The first-order valence-electron chi connectivity index (χ1n) is 8.48. The first-order chi connectivity index (χ1) is 10.7. The average Bonchev–Trinajstić information content (AvgIpc) is 2.63. The Morgan fingerprint density at radius 3 is 2.39 bits per heavy atom. The number of rotatable bonds is 4. The van der Waals surface area contributed by atoms with Crippen LogP contribution in [-0.4, -0.2) is 14.4 Å². The van der Waals surface area contributed by atoms with Crippen LogP contribution in [0.4, 0.5) is 0 Å². The highest BCUT2D eigenvalue weighted by molar-refractivity contribution is 8.03. The zero-order chi connectivity index (χ0) is 17.1. The van der Waals surface area contributed by atoms with Crippen LogP contribution in [-0.2, 0) is 4.43 Å². The number of hydrogen-bond donors (Lipinski definition) is 0. The van der Waals surface area contributed by atoms with Gasteiger partial charge in [0.05, 0.1) is 6.10 Å². The second kappa shape index (κ2) is 7.41. The molecule has 1 nitrogen and oxygen atoms in total. The maximum absolute atomic E-state index is 6.67. The van der Waals surface area contributed by atoms with E-state index in [0.29, 0.717) is 12.0 Å². The van der Waals surface area contributed by atoms with Gasteiger partial charge in [-0.15, -0.1) is 0 Å². The van der Waals surface area contributed by atoms with Crippen LogP contribution in [0, 0.1) is 5.92 Å². The molecule has 0 unspecified atom stereocenters. The maximum Gasteiger partial charge on any atom is 0.192 e. The normalized spacial score (nSPS) is 22.6. The molecule has 0 bridgehead atoms. The van der Waals surface area contributed by atoms with Crippen molar-refractivity contribution in [2.24, 2.45) is 5.92 Å². The lowest BCUT2D eigenvalue weighted by Crippen LogP contribution is -2.45. The molecule has 0 saturated heterocycles. The molecule has 23 heavy (non-hydrogen) atoms. The summed E-state index contributed by atoms with van der Waals surface area (Å²) in [5.41, 5.74) is 0. The molecule has 0 heterocycles. The molecule has 1 aromatic carbocycles. The van der Waals surface area contributed by atoms with Crippen LogP contribution in [0.15, 0.2) is 58.4 Å². The Morgan fingerprint density at radius 1 is 1.13 bits per heavy atom. The molecule has 0 radical (unpaired) electrons. The molecular formula is C20H30OSSi. The molecule has 0 aliphatic heterocycles. The molecule has 0 spiro atoms. The van der Waals surface area contributed by atoms with Gasteiger partial charge in [0.15, 0.2) is 8.32 Å². The first-order valence-corrected chi connectivity index (χ1v) is 12.2. The van der Waals surface area contributed by atoms with E-state index >= 15 is 0 Å². The topological polar surface area (TPSA) is 9.23 Å². The average molecular weight is 347 g/mol. The van der Waals surface area contributed by atoms with Crippen molar-refractivity contribution >= 4 is 20.1 Å². The van der Waals surface area contributed by atoms with E-state index in [9.17, 15) is 0 Å². The molecule has 0 aromatic heterocycles. The summed E-state index contributed by atoms with van der Waals surface area (Å²) < 4.78 is 6.67. The minimum atomic E-state index is -1.72. The van der Waals surface area contributed by atoms with Gasteiger partial charge in [0, 0.05) is 9.80 Å². The van der Waals surface area contributed by atoms with Crippen LogP contribution < -0.4 is 0 Å². The molecule has 2 atom stereocenters. The van der Waals surface area contributed by atoms with Crippen LogP contribution in [0.3, 0.4) is 0 Å². The van der Waals surface area contributed by atoms with Crippen molar-refractivity contribution < 1.29 is 4.43 Å². The van der Waals surface area contributed by atoms with E-state index in [1.807, 2.05) is 11.8 Å². The molecule has 2 rings (SSSR count). The van der Waals surface area contributed by atoms with Crippen molar-refractivity contribution in [3.05, 3.63) is 53.5 Å². The van der Waals surface area contributed by atoms with E-state index in [1.165, 1.54) is 9.80 Å². The van der Waals surface area contributed by atoms with Gasteiger partial charge in [-0.2, -0.15) is 0 Å². The Kier molecular flexibility index (Phi) is 5.98. The second-order valence-electron chi connectivity index (χ2n) is 7.89. The molecule has 1 aromatic rings. The summed E-state index contributed by atoms with van der Waals surface area (Å²) in [6.07, 6.45) is 8.20. The summed E-state index contributed by atoms with van der Waals surface area (Å²) in [5, 5.41) is 0.258. The van der Waals surface area contributed by atoms with Crippen molar-refractivity contribution in [3.63, 3.8) is 0 Å². The molecule has 0 fully saturated rings. The van der Waals surface area contributed by atoms with Crippen molar-refractivity contribution in [1.82, 2.24) is 0 Å². The van der Waals surface area contributed by atoms with Crippen LogP contribution >= 0.6 is 11.8 Å². The van der Waals surface area contributed by atoms with Gasteiger partial charge in [-0.3, -0.25) is 0 Å². The van der Waals surface area contributed by atoms with E-state index in [2.05, 4.69) is 89.3 Å².